The Morgan fingerprint density at radius 3 is 2.85 bits per heavy atom. The summed E-state index contributed by atoms with van der Waals surface area (Å²) in [5, 5.41) is 9.05. The Bertz CT molecular complexity index is 500. The zero-order valence-corrected chi connectivity index (χ0v) is 11.5. The van der Waals surface area contributed by atoms with E-state index < -0.39 is 11.9 Å². The molecule has 5 nitrogen and oxygen atoms in total. The summed E-state index contributed by atoms with van der Waals surface area (Å²) < 4.78 is 5.23. The summed E-state index contributed by atoms with van der Waals surface area (Å²) in [5.41, 5.74) is 0.831. The van der Waals surface area contributed by atoms with E-state index in [0.29, 0.717) is 25.3 Å². The molecule has 108 valence electrons. The molecule has 20 heavy (non-hydrogen) atoms. The van der Waals surface area contributed by atoms with Crippen LogP contribution in [0.15, 0.2) is 24.3 Å². The van der Waals surface area contributed by atoms with Crippen molar-refractivity contribution in [2.24, 2.45) is 5.92 Å². The zero-order chi connectivity index (χ0) is 14.5. The molecule has 0 spiro atoms. The van der Waals surface area contributed by atoms with Gasteiger partial charge in [0, 0.05) is 18.7 Å². The van der Waals surface area contributed by atoms with Crippen LogP contribution in [-0.2, 0) is 16.0 Å². The first-order valence-electron chi connectivity index (χ1n) is 6.74. The highest BCUT2D eigenvalue weighted by Crippen LogP contribution is 2.21. The molecule has 1 fully saturated rings. The molecule has 0 aliphatic carbocycles. The fourth-order valence-corrected chi connectivity index (χ4v) is 2.53. The van der Waals surface area contributed by atoms with Gasteiger partial charge in [0.25, 0.3) is 0 Å². The highest BCUT2D eigenvalue weighted by atomic mass is 16.5. The number of piperidine rings is 1. The number of aliphatic carboxylic acids is 1. The summed E-state index contributed by atoms with van der Waals surface area (Å²) in [4.78, 5) is 25.0. The second-order valence-electron chi connectivity index (χ2n) is 5.01. The molecule has 1 aliphatic rings. The first kappa shape index (κ1) is 14.4. The van der Waals surface area contributed by atoms with Crippen LogP contribution in [0, 0.1) is 5.92 Å². The molecule has 1 N–H and O–H groups in total. The zero-order valence-electron chi connectivity index (χ0n) is 11.5. The lowest BCUT2D eigenvalue weighted by Gasteiger charge is -2.30. The molecule has 1 aromatic carbocycles. The predicted octanol–water partition coefficient (Wildman–Crippen LogP) is 1.56. The minimum Gasteiger partial charge on any atom is -0.496 e. The number of methoxy groups -OCH3 is 1. The van der Waals surface area contributed by atoms with Gasteiger partial charge >= 0.3 is 5.97 Å². The molecular weight excluding hydrogens is 258 g/mol. The average molecular weight is 277 g/mol. The van der Waals surface area contributed by atoms with E-state index in [1.54, 1.807) is 12.0 Å². The number of rotatable bonds is 4. The Kier molecular flexibility index (Phi) is 4.61. The van der Waals surface area contributed by atoms with Crippen LogP contribution in [0.1, 0.15) is 18.4 Å². The predicted molar refractivity (Wildman–Crippen MR) is 73.6 cm³/mol. The Morgan fingerprint density at radius 1 is 1.40 bits per heavy atom. The third kappa shape index (κ3) is 3.29. The van der Waals surface area contributed by atoms with Gasteiger partial charge in [-0.25, -0.2) is 0 Å². The number of carbonyl (C=O) groups excluding carboxylic acids is 1. The molecule has 5 heteroatoms. The van der Waals surface area contributed by atoms with Crippen molar-refractivity contribution in [2.45, 2.75) is 19.3 Å². The number of nitrogens with zero attached hydrogens (tertiary/aromatic N) is 1. The number of carboxylic acid groups (broad SMARTS) is 1. The molecule has 2 rings (SSSR count). The molecule has 0 bridgehead atoms. The van der Waals surface area contributed by atoms with Gasteiger partial charge in [0.15, 0.2) is 0 Å². The van der Waals surface area contributed by atoms with E-state index in [1.165, 1.54) is 0 Å². The fraction of sp³-hybridized carbons (Fsp3) is 0.467. The van der Waals surface area contributed by atoms with Crippen molar-refractivity contribution >= 4 is 11.9 Å². The molecule has 0 saturated carbocycles. The van der Waals surface area contributed by atoms with Gasteiger partial charge in [-0.15, -0.1) is 0 Å². The number of benzene rings is 1. The molecular formula is C15H19NO4. The molecule has 1 amide bonds. The minimum atomic E-state index is -0.820. The summed E-state index contributed by atoms with van der Waals surface area (Å²) in [6.45, 7) is 0.946. The van der Waals surface area contributed by atoms with Gasteiger partial charge < -0.3 is 14.7 Å². The van der Waals surface area contributed by atoms with E-state index in [0.717, 1.165) is 12.0 Å². The lowest BCUT2D eigenvalue weighted by atomic mass is 9.97. The van der Waals surface area contributed by atoms with Crippen LogP contribution < -0.4 is 4.74 Å². The summed E-state index contributed by atoms with van der Waals surface area (Å²) >= 11 is 0. The lowest BCUT2D eigenvalue weighted by Crippen LogP contribution is -2.43. The largest absolute Gasteiger partial charge is 0.496 e. The number of hydrogen-bond donors (Lipinski definition) is 1. The van der Waals surface area contributed by atoms with Gasteiger partial charge in [-0.3, -0.25) is 9.59 Å². The van der Waals surface area contributed by atoms with Crippen molar-refractivity contribution in [3.63, 3.8) is 0 Å². The second kappa shape index (κ2) is 6.41. The van der Waals surface area contributed by atoms with Crippen LogP contribution in [0.4, 0.5) is 0 Å². The number of carbonyl (C=O) groups is 2. The number of hydrogen-bond acceptors (Lipinski definition) is 3. The van der Waals surface area contributed by atoms with E-state index in [-0.39, 0.29) is 12.3 Å². The topological polar surface area (TPSA) is 66.8 Å². The first-order valence-corrected chi connectivity index (χ1v) is 6.74. The van der Waals surface area contributed by atoms with Gasteiger partial charge in [0.1, 0.15) is 5.75 Å². The fourth-order valence-electron chi connectivity index (χ4n) is 2.53. The van der Waals surface area contributed by atoms with Gasteiger partial charge in [0.05, 0.1) is 19.4 Å². The van der Waals surface area contributed by atoms with E-state index in [1.807, 2.05) is 24.3 Å². The number of ether oxygens (including phenoxy) is 1. The van der Waals surface area contributed by atoms with E-state index in [2.05, 4.69) is 0 Å². The lowest BCUT2D eigenvalue weighted by molar-refractivity contribution is -0.145. The number of likely N-dealkylation sites (tertiary alicyclic amines) is 1. The molecule has 0 unspecified atom stereocenters. The molecule has 0 aromatic heterocycles. The quantitative estimate of drug-likeness (QED) is 0.907. The summed E-state index contributed by atoms with van der Waals surface area (Å²) in [5.74, 6) is -0.613. The molecule has 1 aliphatic heterocycles. The summed E-state index contributed by atoms with van der Waals surface area (Å²) in [7, 11) is 1.57. The number of amides is 1. The third-order valence-electron chi connectivity index (χ3n) is 3.66. The monoisotopic (exact) mass is 277 g/mol. The van der Waals surface area contributed by atoms with Crippen molar-refractivity contribution in [3.8, 4) is 5.75 Å². The number of para-hydroxylation sites is 1. The van der Waals surface area contributed by atoms with Gasteiger partial charge in [0.2, 0.25) is 5.91 Å². The van der Waals surface area contributed by atoms with E-state index >= 15 is 0 Å². The van der Waals surface area contributed by atoms with Crippen LogP contribution >= 0.6 is 0 Å². The van der Waals surface area contributed by atoms with Gasteiger partial charge in [-0.1, -0.05) is 18.2 Å². The Morgan fingerprint density at radius 2 is 2.15 bits per heavy atom. The maximum atomic E-state index is 12.3. The standard InChI is InChI=1S/C15H19NO4/c1-20-13-7-3-2-5-11(13)9-14(17)16-8-4-6-12(10-16)15(18)19/h2-3,5,7,12H,4,6,8-10H2,1H3,(H,18,19)/t12-/m0/s1. The third-order valence-corrected chi connectivity index (χ3v) is 3.66. The van der Waals surface area contributed by atoms with Crippen molar-refractivity contribution in [2.75, 3.05) is 20.2 Å². The SMILES string of the molecule is COc1ccccc1CC(=O)N1CCC[C@H](C(=O)O)C1. The average Bonchev–Trinajstić information content (AvgIpc) is 2.48. The van der Waals surface area contributed by atoms with Gasteiger partial charge in [-0.05, 0) is 18.9 Å². The molecule has 1 heterocycles. The Balaban J connectivity index is 2.02. The Labute approximate surface area is 118 Å². The van der Waals surface area contributed by atoms with Crippen LogP contribution in [0.3, 0.4) is 0 Å². The van der Waals surface area contributed by atoms with Crippen LogP contribution in [0.25, 0.3) is 0 Å². The highest BCUT2D eigenvalue weighted by molar-refractivity contribution is 5.80. The van der Waals surface area contributed by atoms with Crippen LogP contribution in [-0.4, -0.2) is 42.1 Å². The van der Waals surface area contributed by atoms with Crippen LogP contribution in [0.2, 0.25) is 0 Å². The smallest absolute Gasteiger partial charge is 0.308 e. The molecule has 1 aromatic rings. The Hall–Kier alpha value is -2.04. The number of carboxylic acids is 1. The van der Waals surface area contributed by atoms with Crippen molar-refractivity contribution in [1.82, 2.24) is 4.90 Å². The summed E-state index contributed by atoms with van der Waals surface area (Å²) in [6.07, 6.45) is 1.64. The summed E-state index contributed by atoms with van der Waals surface area (Å²) in [6, 6.07) is 7.39. The minimum absolute atomic E-state index is 0.0412. The second-order valence-corrected chi connectivity index (χ2v) is 5.01. The van der Waals surface area contributed by atoms with Crippen molar-refractivity contribution < 1.29 is 19.4 Å². The first-order chi connectivity index (χ1) is 9.61. The highest BCUT2D eigenvalue weighted by Gasteiger charge is 2.28. The van der Waals surface area contributed by atoms with Crippen molar-refractivity contribution in [1.29, 1.82) is 0 Å². The van der Waals surface area contributed by atoms with Gasteiger partial charge in [-0.2, -0.15) is 0 Å². The van der Waals surface area contributed by atoms with E-state index in [9.17, 15) is 9.59 Å². The van der Waals surface area contributed by atoms with E-state index in [4.69, 9.17) is 9.84 Å². The molecule has 1 saturated heterocycles. The molecule has 0 radical (unpaired) electrons. The molecule has 1 atom stereocenters. The maximum Gasteiger partial charge on any atom is 0.308 e. The van der Waals surface area contributed by atoms with Crippen molar-refractivity contribution in [3.05, 3.63) is 29.8 Å². The maximum absolute atomic E-state index is 12.3. The normalized spacial score (nSPS) is 18.6. The van der Waals surface area contributed by atoms with Crippen LogP contribution in [0.5, 0.6) is 5.75 Å².